The quantitative estimate of drug-likeness (QED) is 0.699. The van der Waals surface area contributed by atoms with E-state index in [1.54, 1.807) is 7.05 Å². The summed E-state index contributed by atoms with van der Waals surface area (Å²) in [5.74, 6) is 0.476. The van der Waals surface area contributed by atoms with E-state index >= 15 is 0 Å². The van der Waals surface area contributed by atoms with Crippen molar-refractivity contribution in [1.29, 1.82) is 0 Å². The normalized spacial score (nSPS) is 11.4. The summed E-state index contributed by atoms with van der Waals surface area (Å²) in [6.07, 6.45) is 1.38. The third kappa shape index (κ3) is 2.05. The van der Waals surface area contributed by atoms with Gasteiger partial charge in [-0.2, -0.15) is 10.1 Å². The molecule has 0 fully saturated rings. The Bertz CT molecular complexity index is 286. The summed E-state index contributed by atoms with van der Waals surface area (Å²) in [6.45, 7) is 5.59. The number of carbonyl (C=O) groups is 1. The minimum absolute atomic E-state index is 0.00394. The number of hydrogen-bond acceptors (Lipinski definition) is 3. The molecule has 0 unspecified atom stereocenters. The third-order valence-electron chi connectivity index (χ3n) is 1.67. The second-order valence-electron chi connectivity index (χ2n) is 3.92. The van der Waals surface area contributed by atoms with Gasteiger partial charge in [0.2, 0.25) is 11.9 Å². The number of amides is 1. The Labute approximate surface area is 77.2 Å². The molecule has 1 N–H and O–H groups in total. The lowest BCUT2D eigenvalue weighted by molar-refractivity contribution is -0.125. The van der Waals surface area contributed by atoms with E-state index in [4.69, 9.17) is 0 Å². The summed E-state index contributed by atoms with van der Waals surface area (Å²) in [5.41, 5.74) is -0.401. The van der Waals surface area contributed by atoms with Gasteiger partial charge in [-0.15, -0.1) is 0 Å². The van der Waals surface area contributed by atoms with Crippen LogP contribution in [0.4, 0.5) is 5.95 Å². The highest BCUT2D eigenvalue weighted by Gasteiger charge is 2.26. The maximum Gasteiger partial charge on any atom is 0.234 e. The lowest BCUT2D eigenvalue weighted by Gasteiger charge is -2.23. The zero-order chi connectivity index (χ0) is 10.1. The number of aromatic amines is 1. The van der Waals surface area contributed by atoms with E-state index in [1.165, 1.54) is 11.2 Å². The standard InChI is InChI=1S/C8H14N4O/c1-8(2,3)6(13)12(4)7-9-5-10-11-7/h5H,1-4H3,(H,9,10,11). The summed E-state index contributed by atoms with van der Waals surface area (Å²) in [7, 11) is 1.67. The van der Waals surface area contributed by atoms with Gasteiger partial charge in [0.15, 0.2) is 0 Å². The molecule has 5 heteroatoms. The van der Waals surface area contributed by atoms with Crippen molar-refractivity contribution in [2.24, 2.45) is 5.41 Å². The van der Waals surface area contributed by atoms with Crippen LogP contribution >= 0.6 is 0 Å². The molecule has 1 heterocycles. The molecule has 0 aromatic carbocycles. The van der Waals surface area contributed by atoms with Crippen molar-refractivity contribution >= 4 is 11.9 Å². The van der Waals surface area contributed by atoms with Gasteiger partial charge >= 0.3 is 0 Å². The van der Waals surface area contributed by atoms with E-state index in [0.717, 1.165) is 0 Å². The monoisotopic (exact) mass is 182 g/mol. The van der Waals surface area contributed by atoms with E-state index in [2.05, 4.69) is 15.2 Å². The van der Waals surface area contributed by atoms with E-state index in [0.29, 0.717) is 5.95 Å². The van der Waals surface area contributed by atoms with Gasteiger partial charge in [-0.3, -0.25) is 9.69 Å². The first kappa shape index (κ1) is 9.70. The number of nitrogens with zero attached hydrogens (tertiary/aromatic N) is 3. The number of aromatic nitrogens is 3. The molecule has 0 aliphatic heterocycles. The first-order valence-corrected chi connectivity index (χ1v) is 4.06. The van der Waals surface area contributed by atoms with Crippen LogP contribution in [0.3, 0.4) is 0 Å². The van der Waals surface area contributed by atoms with Gasteiger partial charge in [-0.05, 0) is 0 Å². The topological polar surface area (TPSA) is 61.9 Å². The highest BCUT2D eigenvalue weighted by molar-refractivity contribution is 5.94. The average molecular weight is 182 g/mol. The zero-order valence-electron chi connectivity index (χ0n) is 8.33. The van der Waals surface area contributed by atoms with Gasteiger partial charge in [0.25, 0.3) is 0 Å². The molecule has 0 spiro atoms. The van der Waals surface area contributed by atoms with Crippen molar-refractivity contribution < 1.29 is 4.79 Å². The van der Waals surface area contributed by atoms with Crippen molar-refractivity contribution in [1.82, 2.24) is 15.2 Å². The fraction of sp³-hybridized carbons (Fsp3) is 0.625. The molecular formula is C8H14N4O. The lowest BCUT2D eigenvalue weighted by Crippen LogP contribution is -2.37. The van der Waals surface area contributed by atoms with Crippen LogP contribution < -0.4 is 4.90 Å². The average Bonchev–Trinajstić information content (AvgIpc) is 2.51. The number of hydrogen-bond donors (Lipinski definition) is 1. The van der Waals surface area contributed by atoms with Gasteiger partial charge in [0.05, 0.1) is 0 Å². The first-order valence-electron chi connectivity index (χ1n) is 4.06. The van der Waals surface area contributed by atoms with Gasteiger partial charge < -0.3 is 0 Å². The van der Waals surface area contributed by atoms with Crippen molar-refractivity contribution in [3.05, 3.63) is 6.33 Å². The molecular weight excluding hydrogens is 168 g/mol. The van der Waals surface area contributed by atoms with Crippen molar-refractivity contribution in [2.75, 3.05) is 11.9 Å². The van der Waals surface area contributed by atoms with Crippen molar-refractivity contribution in [3.63, 3.8) is 0 Å². The van der Waals surface area contributed by atoms with Crippen molar-refractivity contribution in [2.45, 2.75) is 20.8 Å². The fourth-order valence-corrected chi connectivity index (χ4v) is 0.960. The van der Waals surface area contributed by atoms with Crippen LogP contribution in [0.1, 0.15) is 20.8 Å². The van der Waals surface area contributed by atoms with E-state index < -0.39 is 5.41 Å². The molecule has 5 nitrogen and oxygen atoms in total. The smallest absolute Gasteiger partial charge is 0.234 e. The Balaban J connectivity index is 2.81. The van der Waals surface area contributed by atoms with Crippen LogP contribution in [0.5, 0.6) is 0 Å². The van der Waals surface area contributed by atoms with Gasteiger partial charge in [-0.1, -0.05) is 20.8 Å². The van der Waals surface area contributed by atoms with E-state index in [-0.39, 0.29) is 5.91 Å². The maximum atomic E-state index is 11.7. The minimum atomic E-state index is -0.401. The molecule has 0 bridgehead atoms. The maximum absolute atomic E-state index is 11.7. The molecule has 0 atom stereocenters. The highest BCUT2D eigenvalue weighted by Crippen LogP contribution is 2.18. The van der Waals surface area contributed by atoms with Crippen molar-refractivity contribution in [3.8, 4) is 0 Å². The molecule has 0 aliphatic carbocycles. The number of H-pyrrole nitrogens is 1. The van der Waals surface area contributed by atoms with Gasteiger partial charge in [0.1, 0.15) is 6.33 Å². The number of nitrogens with one attached hydrogen (secondary N) is 1. The summed E-state index contributed by atoms with van der Waals surface area (Å²) in [6, 6.07) is 0. The van der Waals surface area contributed by atoms with E-state index in [9.17, 15) is 4.79 Å². The summed E-state index contributed by atoms with van der Waals surface area (Å²) < 4.78 is 0. The molecule has 0 saturated heterocycles. The Morgan fingerprint density at radius 2 is 2.15 bits per heavy atom. The molecule has 0 radical (unpaired) electrons. The highest BCUT2D eigenvalue weighted by atomic mass is 16.2. The second kappa shape index (κ2) is 3.16. The predicted molar refractivity (Wildman–Crippen MR) is 49.2 cm³/mol. The van der Waals surface area contributed by atoms with Crippen LogP contribution in [0, 0.1) is 5.41 Å². The zero-order valence-corrected chi connectivity index (χ0v) is 8.33. The SMILES string of the molecule is CN(C(=O)C(C)(C)C)c1ncn[nH]1. The van der Waals surface area contributed by atoms with Crippen LogP contribution in [0.15, 0.2) is 6.33 Å². The minimum Gasteiger partial charge on any atom is -0.284 e. The van der Waals surface area contributed by atoms with Gasteiger partial charge in [-0.25, -0.2) is 5.10 Å². The Morgan fingerprint density at radius 1 is 1.54 bits per heavy atom. The summed E-state index contributed by atoms with van der Waals surface area (Å²) in [4.78, 5) is 17.1. The fourth-order valence-electron chi connectivity index (χ4n) is 0.960. The number of rotatable bonds is 1. The Morgan fingerprint density at radius 3 is 2.54 bits per heavy atom. The molecule has 1 aromatic heterocycles. The molecule has 1 aromatic rings. The lowest BCUT2D eigenvalue weighted by atomic mass is 9.95. The number of anilines is 1. The molecule has 72 valence electrons. The molecule has 0 aliphatic rings. The summed E-state index contributed by atoms with van der Waals surface area (Å²) in [5, 5.41) is 6.31. The molecule has 1 rings (SSSR count). The third-order valence-corrected chi connectivity index (χ3v) is 1.67. The van der Waals surface area contributed by atoms with Crippen LogP contribution in [0.2, 0.25) is 0 Å². The van der Waals surface area contributed by atoms with Crippen LogP contribution in [-0.4, -0.2) is 28.1 Å². The molecule has 13 heavy (non-hydrogen) atoms. The van der Waals surface area contributed by atoms with Crippen LogP contribution in [0.25, 0.3) is 0 Å². The van der Waals surface area contributed by atoms with E-state index in [1.807, 2.05) is 20.8 Å². The first-order chi connectivity index (χ1) is 5.93. The number of carbonyl (C=O) groups excluding carboxylic acids is 1. The molecule has 0 saturated carbocycles. The predicted octanol–water partition coefficient (Wildman–Crippen LogP) is 0.814. The largest absolute Gasteiger partial charge is 0.284 e. The summed E-state index contributed by atoms with van der Waals surface area (Å²) >= 11 is 0. The van der Waals surface area contributed by atoms with Gasteiger partial charge in [0, 0.05) is 12.5 Å². The molecule has 1 amide bonds. The second-order valence-corrected chi connectivity index (χ2v) is 3.92. The van der Waals surface area contributed by atoms with Crippen LogP contribution in [-0.2, 0) is 4.79 Å². The Kier molecular flexibility index (Phi) is 2.36. The Hall–Kier alpha value is -1.39.